The minimum atomic E-state index is 0.125. The largest absolute Gasteiger partial charge is 0.314 e. The topological polar surface area (TPSA) is 46.1 Å². The fraction of sp³-hybridized carbons (Fsp3) is 0.545. The van der Waals surface area contributed by atoms with Crippen molar-refractivity contribution < 1.29 is 4.79 Å². The monoisotopic (exact) mass is 207 g/mol. The summed E-state index contributed by atoms with van der Waals surface area (Å²) >= 11 is 0. The van der Waals surface area contributed by atoms with Crippen molar-refractivity contribution in [3.8, 4) is 0 Å². The molecule has 2 rings (SSSR count). The summed E-state index contributed by atoms with van der Waals surface area (Å²) in [5, 5.41) is 3.34. The van der Waals surface area contributed by atoms with E-state index in [1.807, 2.05) is 24.5 Å². The van der Waals surface area contributed by atoms with E-state index in [9.17, 15) is 4.79 Å². The second-order valence-corrected chi connectivity index (χ2v) is 4.14. The first-order valence-corrected chi connectivity index (χ1v) is 5.43. The third kappa shape index (κ3) is 2.59. The Balaban J connectivity index is 1.90. The second-order valence-electron chi connectivity index (χ2n) is 4.14. The summed E-state index contributed by atoms with van der Waals surface area (Å²) in [4.78, 5) is 11.9. The number of nitrogens with zero attached hydrogens (tertiary/aromatic N) is 1. The van der Waals surface area contributed by atoms with Crippen molar-refractivity contribution in [2.75, 3.05) is 12.0 Å². The molecule has 1 fully saturated rings. The van der Waals surface area contributed by atoms with Crippen LogP contribution in [0.2, 0.25) is 0 Å². The molecule has 0 bridgehead atoms. The molecule has 4 nitrogen and oxygen atoms in total. The Labute approximate surface area is 89.6 Å². The van der Waals surface area contributed by atoms with Gasteiger partial charge in [0, 0.05) is 24.4 Å². The van der Waals surface area contributed by atoms with Crippen LogP contribution in [-0.4, -0.2) is 23.2 Å². The van der Waals surface area contributed by atoms with E-state index in [4.69, 9.17) is 0 Å². The number of nitrogens with one attached hydrogen (secondary N) is 2. The zero-order valence-electron chi connectivity index (χ0n) is 8.94. The average molecular weight is 207 g/mol. The third-order valence-corrected chi connectivity index (χ3v) is 2.84. The van der Waals surface area contributed by atoms with Crippen molar-refractivity contribution in [1.82, 2.24) is 9.99 Å². The lowest BCUT2D eigenvalue weighted by Gasteiger charge is -2.27. The van der Waals surface area contributed by atoms with Crippen LogP contribution in [0.25, 0.3) is 0 Å². The van der Waals surface area contributed by atoms with Crippen molar-refractivity contribution in [2.45, 2.75) is 25.8 Å². The average Bonchev–Trinajstić information content (AvgIpc) is 2.70. The highest BCUT2D eigenvalue weighted by atomic mass is 16.2. The summed E-state index contributed by atoms with van der Waals surface area (Å²) in [6.07, 6.45) is 5.52. The van der Waals surface area contributed by atoms with E-state index in [1.54, 1.807) is 4.68 Å². The third-order valence-electron chi connectivity index (χ3n) is 2.84. The van der Waals surface area contributed by atoms with Gasteiger partial charge in [-0.2, -0.15) is 0 Å². The Bertz CT molecular complexity index is 321. The maximum Gasteiger partial charge on any atom is 0.241 e. The Morgan fingerprint density at radius 1 is 1.47 bits per heavy atom. The fourth-order valence-corrected chi connectivity index (χ4v) is 2.00. The number of carbonyl (C=O) groups is 1. The Morgan fingerprint density at radius 3 is 2.87 bits per heavy atom. The van der Waals surface area contributed by atoms with Gasteiger partial charge in [0.1, 0.15) is 0 Å². The molecule has 0 spiro atoms. The van der Waals surface area contributed by atoms with Gasteiger partial charge in [-0.1, -0.05) is 0 Å². The zero-order chi connectivity index (χ0) is 10.7. The Hall–Kier alpha value is -1.29. The number of amides is 1. The summed E-state index contributed by atoms with van der Waals surface area (Å²) in [7, 11) is 0. The molecule has 0 radical (unpaired) electrons. The molecule has 2 N–H and O–H groups in total. The van der Waals surface area contributed by atoms with E-state index in [2.05, 4.69) is 17.7 Å². The first-order valence-electron chi connectivity index (χ1n) is 5.43. The lowest BCUT2D eigenvalue weighted by Crippen LogP contribution is -2.41. The maximum atomic E-state index is 11.9. The lowest BCUT2D eigenvalue weighted by atomic mass is 9.93. The van der Waals surface area contributed by atoms with Crippen molar-refractivity contribution in [2.24, 2.45) is 5.92 Å². The minimum Gasteiger partial charge on any atom is -0.314 e. The summed E-state index contributed by atoms with van der Waals surface area (Å²) in [5.41, 5.74) is 2.86. The molecule has 1 aliphatic rings. The van der Waals surface area contributed by atoms with Crippen LogP contribution in [0, 0.1) is 5.92 Å². The van der Waals surface area contributed by atoms with Gasteiger partial charge in [0.15, 0.2) is 0 Å². The lowest BCUT2D eigenvalue weighted by molar-refractivity contribution is -0.121. The molecule has 0 saturated carbocycles. The number of rotatable bonds is 2. The number of piperidine rings is 1. The molecule has 0 aromatic carbocycles. The maximum absolute atomic E-state index is 11.9. The highest BCUT2D eigenvalue weighted by Crippen LogP contribution is 2.16. The van der Waals surface area contributed by atoms with E-state index in [0.29, 0.717) is 6.04 Å². The smallest absolute Gasteiger partial charge is 0.241 e. The molecule has 1 saturated heterocycles. The SMILES string of the molecule is CC1CC(C(=O)Nn2cccc2)CCN1. The number of hydrogen-bond donors (Lipinski definition) is 2. The molecule has 82 valence electrons. The van der Waals surface area contributed by atoms with Crippen LogP contribution in [-0.2, 0) is 4.79 Å². The molecule has 2 heterocycles. The van der Waals surface area contributed by atoms with Crippen LogP contribution < -0.4 is 10.7 Å². The Kier molecular flexibility index (Phi) is 3.06. The normalized spacial score (nSPS) is 26.2. The second kappa shape index (κ2) is 4.49. The van der Waals surface area contributed by atoms with Gasteiger partial charge in [-0.05, 0) is 38.4 Å². The van der Waals surface area contributed by atoms with Crippen LogP contribution in [0.3, 0.4) is 0 Å². The van der Waals surface area contributed by atoms with Crippen molar-refractivity contribution in [3.63, 3.8) is 0 Å². The van der Waals surface area contributed by atoms with E-state index in [0.717, 1.165) is 19.4 Å². The van der Waals surface area contributed by atoms with Gasteiger partial charge in [-0.25, -0.2) is 0 Å². The summed E-state index contributed by atoms with van der Waals surface area (Å²) in [5.74, 6) is 0.267. The first kappa shape index (κ1) is 10.2. The Morgan fingerprint density at radius 2 is 2.20 bits per heavy atom. The van der Waals surface area contributed by atoms with Crippen molar-refractivity contribution in [3.05, 3.63) is 24.5 Å². The molecule has 0 aliphatic carbocycles. The number of aromatic nitrogens is 1. The molecule has 2 unspecified atom stereocenters. The highest BCUT2D eigenvalue weighted by Gasteiger charge is 2.24. The van der Waals surface area contributed by atoms with E-state index < -0.39 is 0 Å². The van der Waals surface area contributed by atoms with Crippen molar-refractivity contribution in [1.29, 1.82) is 0 Å². The van der Waals surface area contributed by atoms with Crippen LogP contribution in [0.15, 0.2) is 24.5 Å². The predicted octanol–water partition coefficient (Wildman–Crippen LogP) is 0.946. The highest BCUT2D eigenvalue weighted by molar-refractivity contribution is 5.86. The van der Waals surface area contributed by atoms with E-state index in [1.165, 1.54) is 0 Å². The molecule has 1 amide bonds. The van der Waals surface area contributed by atoms with E-state index in [-0.39, 0.29) is 11.8 Å². The van der Waals surface area contributed by atoms with Crippen molar-refractivity contribution >= 4 is 5.91 Å². The van der Waals surface area contributed by atoms with E-state index >= 15 is 0 Å². The van der Waals surface area contributed by atoms with Gasteiger partial charge in [0.2, 0.25) is 5.91 Å². The van der Waals surface area contributed by atoms with Gasteiger partial charge in [0.25, 0.3) is 0 Å². The summed E-state index contributed by atoms with van der Waals surface area (Å²) in [6, 6.07) is 4.23. The predicted molar refractivity (Wildman–Crippen MR) is 59.0 cm³/mol. The molecule has 1 aromatic rings. The fourth-order valence-electron chi connectivity index (χ4n) is 2.00. The van der Waals surface area contributed by atoms with Gasteiger partial charge in [-0.3, -0.25) is 14.9 Å². The molecule has 15 heavy (non-hydrogen) atoms. The molecule has 4 heteroatoms. The molecule has 2 atom stereocenters. The van der Waals surface area contributed by atoms with Crippen LogP contribution in [0.1, 0.15) is 19.8 Å². The quantitative estimate of drug-likeness (QED) is 0.758. The van der Waals surface area contributed by atoms with Crippen LogP contribution in [0.4, 0.5) is 0 Å². The molecule has 1 aromatic heterocycles. The number of hydrogen-bond acceptors (Lipinski definition) is 2. The van der Waals surface area contributed by atoms with Gasteiger partial charge >= 0.3 is 0 Å². The van der Waals surface area contributed by atoms with Gasteiger partial charge in [0.05, 0.1) is 0 Å². The minimum absolute atomic E-state index is 0.125. The summed E-state index contributed by atoms with van der Waals surface area (Å²) < 4.78 is 1.70. The standard InChI is InChI=1S/C11H17N3O/c1-9-8-10(4-5-12-9)11(15)13-14-6-2-3-7-14/h2-3,6-7,9-10,12H,4-5,8H2,1H3,(H,13,15). The first-order chi connectivity index (χ1) is 7.25. The number of carbonyl (C=O) groups excluding carboxylic acids is 1. The van der Waals surface area contributed by atoms with Crippen LogP contribution in [0.5, 0.6) is 0 Å². The van der Waals surface area contributed by atoms with Gasteiger partial charge in [-0.15, -0.1) is 0 Å². The molecular formula is C11H17N3O. The zero-order valence-corrected chi connectivity index (χ0v) is 8.94. The molecule has 1 aliphatic heterocycles. The van der Waals surface area contributed by atoms with Gasteiger partial charge < -0.3 is 5.32 Å². The summed E-state index contributed by atoms with van der Waals surface area (Å²) in [6.45, 7) is 3.06. The van der Waals surface area contributed by atoms with Crippen LogP contribution >= 0.6 is 0 Å². The molecular weight excluding hydrogens is 190 g/mol.